The van der Waals surface area contributed by atoms with Crippen LogP contribution in [0.1, 0.15) is 16.8 Å². The minimum absolute atomic E-state index is 0.250. The molecule has 1 fully saturated rings. The van der Waals surface area contributed by atoms with Crippen molar-refractivity contribution in [1.29, 1.82) is 0 Å². The molecule has 6 nitrogen and oxygen atoms in total. The van der Waals surface area contributed by atoms with Gasteiger partial charge in [0, 0.05) is 32.9 Å². The van der Waals surface area contributed by atoms with Crippen molar-refractivity contribution < 1.29 is 14.3 Å². The fraction of sp³-hybridized carbons (Fsp3) is 0.500. The van der Waals surface area contributed by atoms with Crippen molar-refractivity contribution in [3.8, 4) is 0 Å². The van der Waals surface area contributed by atoms with Crippen LogP contribution in [0, 0.1) is 0 Å². The smallest absolute Gasteiger partial charge is 0.253 e. The molecule has 1 atom stereocenters. The Labute approximate surface area is 116 Å². The number of hydrogen-bond donors (Lipinski definition) is 2. The highest BCUT2D eigenvalue weighted by Gasteiger charge is 2.35. The van der Waals surface area contributed by atoms with Crippen molar-refractivity contribution in [2.75, 3.05) is 32.6 Å². The van der Waals surface area contributed by atoms with Crippen LogP contribution in [0.25, 0.3) is 0 Å². The van der Waals surface area contributed by atoms with Gasteiger partial charge in [-0.3, -0.25) is 4.79 Å². The van der Waals surface area contributed by atoms with Crippen LogP contribution in [0.5, 0.6) is 0 Å². The van der Waals surface area contributed by atoms with E-state index in [1.165, 1.54) is 12.3 Å². The van der Waals surface area contributed by atoms with Gasteiger partial charge in [0.2, 0.25) is 0 Å². The summed E-state index contributed by atoms with van der Waals surface area (Å²) in [6.07, 6.45) is 2.10. The van der Waals surface area contributed by atoms with Gasteiger partial charge in [0.15, 0.2) is 0 Å². The third kappa shape index (κ3) is 3.15. The lowest BCUT2D eigenvalue weighted by molar-refractivity contribution is -0.0148. The van der Waals surface area contributed by atoms with Gasteiger partial charge in [-0.15, -0.1) is 0 Å². The Morgan fingerprint density at radius 2 is 2.53 bits per heavy atom. The zero-order valence-corrected chi connectivity index (χ0v) is 11.4. The van der Waals surface area contributed by atoms with Gasteiger partial charge in [0.1, 0.15) is 11.4 Å². The second kappa shape index (κ2) is 5.73. The summed E-state index contributed by atoms with van der Waals surface area (Å²) in [6.45, 7) is 1.46. The molecule has 3 N–H and O–H groups in total. The molecule has 0 bridgehead atoms. The Bertz CT molecular complexity index is 475. The lowest BCUT2D eigenvalue weighted by Crippen LogP contribution is -2.45. The number of carbonyl (C=O) groups is 1. The van der Waals surface area contributed by atoms with E-state index >= 15 is 0 Å². The monoisotopic (exact) mass is 285 g/mol. The third-order valence-corrected chi connectivity index (χ3v) is 3.49. The van der Waals surface area contributed by atoms with Crippen LogP contribution in [0.2, 0.25) is 5.02 Å². The summed E-state index contributed by atoms with van der Waals surface area (Å²) in [6, 6.07) is 1.45. The number of hydrogen-bond acceptors (Lipinski definition) is 5. The summed E-state index contributed by atoms with van der Waals surface area (Å²) in [5.41, 5.74) is 5.39. The van der Waals surface area contributed by atoms with E-state index in [0.29, 0.717) is 25.3 Å². The molecule has 0 radical (unpaired) electrons. The highest BCUT2D eigenvalue weighted by atomic mass is 35.5. The molecule has 1 aliphatic heterocycles. The van der Waals surface area contributed by atoms with Crippen LogP contribution < -0.4 is 11.1 Å². The first-order chi connectivity index (χ1) is 9.06. The molecule has 1 saturated heterocycles. The average Bonchev–Trinajstić information content (AvgIpc) is 2.88. The molecule has 0 spiro atoms. The number of methoxy groups -OCH3 is 1. The largest absolute Gasteiger partial charge is 0.384 e. The molecule has 0 saturated carbocycles. The molecular formula is C12H16ClN3O3. The van der Waals surface area contributed by atoms with E-state index in [1.54, 1.807) is 7.11 Å². The fourth-order valence-electron chi connectivity index (χ4n) is 1.93. The van der Waals surface area contributed by atoms with Crippen LogP contribution in [-0.4, -0.2) is 43.4 Å². The van der Waals surface area contributed by atoms with Crippen LogP contribution in [0.3, 0.4) is 0 Å². The van der Waals surface area contributed by atoms with E-state index in [1.807, 2.05) is 0 Å². The van der Waals surface area contributed by atoms with E-state index < -0.39 is 5.60 Å². The van der Waals surface area contributed by atoms with Crippen molar-refractivity contribution in [2.45, 2.75) is 12.0 Å². The highest BCUT2D eigenvalue weighted by Crippen LogP contribution is 2.22. The first kappa shape index (κ1) is 14.0. The summed E-state index contributed by atoms with van der Waals surface area (Å²) >= 11 is 5.92. The van der Waals surface area contributed by atoms with Gasteiger partial charge >= 0.3 is 0 Å². The maximum atomic E-state index is 12.1. The molecule has 1 aromatic heterocycles. The van der Waals surface area contributed by atoms with E-state index in [4.69, 9.17) is 26.8 Å². The first-order valence-electron chi connectivity index (χ1n) is 5.88. The van der Waals surface area contributed by atoms with Gasteiger partial charge < -0.3 is 20.5 Å². The predicted octanol–water partition coefficient (Wildman–Crippen LogP) is 0.852. The SMILES string of the molecule is COC1(CNC(=O)c2cc(N)ncc2Cl)CCOC1. The molecule has 1 amide bonds. The normalized spacial score (nSPS) is 22.4. The predicted molar refractivity (Wildman–Crippen MR) is 71.2 cm³/mol. The quantitative estimate of drug-likeness (QED) is 0.856. The van der Waals surface area contributed by atoms with Gasteiger partial charge in [-0.25, -0.2) is 4.98 Å². The number of anilines is 1. The molecule has 1 aliphatic rings. The van der Waals surface area contributed by atoms with Crippen molar-refractivity contribution in [1.82, 2.24) is 10.3 Å². The van der Waals surface area contributed by atoms with Gasteiger partial charge in [-0.2, -0.15) is 0 Å². The second-order valence-corrected chi connectivity index (χ2v) is 4.87. The van der Waals surface area contributed by atoms with Crippen LogP contribution in [0.15, 0.2) is 12.3 Å². The number of pyridine rings is 1. The summed E-state index contributed by atoms with van der Waals surface area (Å²) in [7, 11) is 1.61. The minimum Gasteiger partial charge on any atom is -0.384 e. The molecule has 0 aliphatic carbocycles. The number of nitrogens with one attached hydrogen (secondary N) is 1. The van der Waals surface area contributed by atoms with E-state index in [-0.39, 0.29) is 16.7 Å². The summed E-state index contributed by atoms with van der Waals surface area (Å²) in [5.74, 6) is -0.0531. The molecule has 2 rings (SSSR count). The topological polar surface area (TPSA) is 86.5 Å². The van der Waals surface area contributed by atoms with Crippen LogP contribution in [-0.2, 0) is 9.47 Å². The number of nitrogens with zero attached hydrogens (tertiary/aromatic N) is 1. The number of nitrogen functional groups attached to an aromatic ring is 1. The molecular weight excluding hydrogens is 270 g/mol. The van der Waals surface area contributed by atoms with Crippen LogP contribution in [0.4, 0.5) is 5.82 Å². The van der Waals surface area contributed by atoms with Gasteiger partial charge in [-0.05, 0) is 6.07 Å². The molecule has 0 aromatic carbocycles. The average molecular weight is 286 g/mol. The third-order valence-electron chi connectivity index (χ3n) is 3.19. The summed E-state index contributed by atoms with van der Waals surface area (Å²) in [4.78, 5) is 15.9. The number of ether oxygens (including phenoxy) is 2. The Balaban J connectivity index is 2.03. The summed E-state index contributed by atoms with van der Waals surface area (Å²) < 4.78 is 10.7. The maximum absolute atomic E-state index is 12.1. The van der Waals surface area contributed by atoms with E-state index in [9.17, 15) is 4.79 Å². The molecule has 1 aromatic rings. The lowest BCUT2D eigenvalue weighted by Gasteiger charge is -2.25. The number of rotatable bonds is 4. The van der Waals surface area contributed by atoms with Crippen molar-refractivity contribution in [3.63, 3.8) is 0 Å². The Morgan fingerprint density at radius 1 is 1.74 bits per heavy atom. The van der Waals surface area contributed by atoms with E-state index in [2.05, 4.69) is 10.3 Å². The van der Waals surface area contributed by atoms with Gasteiger partial charge in [-0.1, -0.05) is 11.6 Å². The maximum Gasteiger partial charge on any atom is 0.253 e. The zero-order valence-electron chi connectivity index (χ0n) is 10.6. The molecule has 19 heavy (non-hydrogen) atoms. The number of halogens is 1. The van der Waals surface area contributed by atoms with Crippen LogP contribution >= 0.6 is 11.6 Å². The van der Waals surface area contributed by atoms with Crippen molar-refractivity contribution >= 4 is 23.3 Å². The highest BCUT2D eigenvalue weighted by molar-refractivity contribution is 6.33. The van der Waals surface area contributed by atoms with Crippen molar-refractivity contribution in [2.24, 2.45) is 0 Å². The minimum atomic E-state index is -0.458. The molecule has 1 unspecified atom stereocenters. The molecule has 104 valence electrons. The number of nitrogens with two attached hydrogens (primary N) is 1. The Hall–Kier alpha value is -1.37. The second-order valence-electron chi connectivity index (χ2n) is 4.46. The fourth-order valence-corrected chi connectivity index (χ4v) is 2.12. The first-order valence-corrected chi connectivity index (χ1v) is 6.26. The zero-order chi connectivity index (χ0) is 13.9. The van der Waals surface area contributed by atoms with Gasteiger partial charge in [0.25, 0.3) is 5.91 Å². The molecule has 2 heterocycles. The number of aromatic nitrogens is 1. The molecule has 7 heteroatoms. The van der Waals surface area contributed by atoms with Gasteiger partial charge in [0.05, 0.1) is 17.2 Å². The van der Waals surface area contributed by atoms with Crippen molar-refractivity contribution in [3.05, 3.63) is 22.8 Å². The standard InChI is InChI=1S/C12H16ClN3O3/c1-18-12(2-3-19-7-12)6-16-11(17)8-4-10(14)15-5-9(8)13/h4-5H,2-3,6-7H2,1H3,(H2,14,15)(H,16,17). The van der Waals surface area contributed by atoms with E-state index in [0.717, 1.165) is 6.42 Å². The number of carbonyl (C=O) groups excluding carboxylic acids is 1. The Morgan fingerprint density at radius 3 is 3.16 bits per heavy atom. The summed E-state index contributed by atoms with van der Waals surface area (Å²) in [5, 5.41) is 3.05. The lowest BCUT2D eigenvalue weighted by atomic mass is 10.0. The number of amides is 1. The Kier molecular flexibility index (Phi) is 4.24.